The molecule has 1 rings (SSSR count). The van der Waals surface area contributed by atoms with Gasteiger partial charge in [0.25, 0.3) is 0 Å². The van der Waals surface area contributed by atoms with Crippen molar-refractivity contribution >= 4 is 12.0 Å². The van der Waals surface area contributed by atoms with Gasteiger partial charge in [-0.25, -0.2) is 4.79 Å². The maximum atomic E-state index is 12.3. The van der Waals surface area contributed by atoms with E-state index in [-0.39, 0.29) is 12.2 Å². The molecule has 0 radical (unpaired) electrons. The van der Waals surface area contributed by atoms with E-state index in [1.807, 2.05) is 5.10 Å². The van der Waals surface area contributed by atoms with E-state index in [9.17, 15) is 18.0 Å². The fourth-order valence-corrected chi connectivity index (χ4v) is 0.997. The van der Waals surface area contributed by atoms with Crippen LogP contribution in [0, 0.1) is 0 Å². The first-order valence-corrected chi connectivity index (χ1v) is 4.40. The molecule has 0 spiro atoms. The summed E-state index contributed by atoms with van der Waals surface area (Å²) in [6, 6.07) is 0. The van der Waals surface area contributed by atoms with E-state index < -0.39 is 17.8 Å². The van der Waals surface area contributed by atoms with Crippen LogP contribution in [0.2, 0.25) is 0 Å². The van der Waals surface area contributed by atoms with Crippen LogP contribution in [0.15, 0.2) is 12.3 Å². The smallest absolute Gasteiger partial charge is 0.433 e. The molecule has 88 valence electrons. The van der Waals surface area contributed by atoms with Crippen molar-refractivity contribution in [1.29, 1.82) is 0 Å². The molecular formula is C9H9F3N2O2. The zero-order chi connectivity index (χ0) is 12.2. The lowest BCUT2D eigenvalue weighted by Gasteiger charge is -2.03. The van der Waals surface area contributed by atoms with Crippen LogP contribution < -0.4 is 0 Å². The number of ether oxygens (including phenoxy) is 1. The molecule has 1 aromatic heterocycles. The predicted molar refractivity (Wildman–Crippen MR) is 49.3 cm³/mol. The van der Waals surface area contributed by atoms with Crippen molar-refractivity contribution < 1.29 is 22.7 Å². The van der Waals surface area contributed by atoms with Gasteiger partial charge in [0.1, 0.15) is 5.69 Å². The standard InChI is InChI=1S/C9H9F3N2O2/c1-2-16-7(15)4-3-6-5-13-14-8(6)9(10,11)12/h3-5H,2H2,1H3,(H,13,14). The molecular weight excluding hydrogens is 225 g/mol. The number of carbonyl (C=O) groups excluding carboxylic acids is 1. The highest BCUT2D eigenvalue weighted by atomic mass is 19.4. The number of nitrogens with one attached hydrogen (secondary N) is 1. The first-order chi connectivity index (χ1) is 7.45. The summed E-state index contributed by atoms with van der Waals surface area (Å²) in [5.41, 5.74) is -1.20. The number of aromatic nitrogens is 2. The normalized spacial score (nSPS) is 12.0. The lowest BCUT2D eigenvalue weighted by Crippen LogP contribution is -2.07. The number of nitrogens with zero attached hydrogens (tertiary/aromatic N) is 1. The van der Waals surface area contributed by atoms with Gasteiger partial charge in [-0.2, -0.15) is 18.3 Å². The minimum Gasteiger partial charge on any atom is -0.463 e. The second-order valence-electron chi connectivity index (χ2n) is 2.78. The molecule has 0 aliphatic rings. The molecule has 7 heteroatoms. The van der Waals surface area contributed by atoms with Gasteiger partial charge in [-0.15, -0.1) is 0 Å². The summed E-state index contributed by atoms with van der Waals surface area (Å²) in [5.74, 6) is -0.697. The largest absolute Gasteiger partial charge is 0.463 e. The quantitative estimate of drug-likeness (QED) is 0.642. The number of alkyl halides is 3. The zero-order valence-corrected chi connectivity index (χ0v) is 8.34. The molecule has 0 aromatic carbocycles. The molecule has 1 N–H and O–H groups in total. The number of esters is 1. The van der Waals surface area contributed by atoms with Crippen molar-refractivity contribution in [2.24, 2.45) is 0 Å². The van der Waals surface area contributed by atoms with Crippen LogP contribution in [0.25, 0.3) is 6.08 Å². The average molecular weight is 234 g/mol. The Hall–Kier alpha value is -1.79. The van der Waals surface area contributed by atoms with E-state index in [1.54, 1.807) is 6.92 Å². The third-order valence-electron chi connectivity index (χ3n) is 1.64. The van der Waals surface area contributed by atoms with Crippen LogP contribution in [-0.2, 0) is 15.7 Å². The highest BCUT2D eigenvalue weighted by molar-refractivity contribution is 5.87. The maximum absolute atomic E-state index is 12.3. The topological polar surface area (TPSA) is 55.0 Å². The maximum Gasteiger partial charge on any atom is 0.433 e. The molecule has 1 heterocycles. The van der Waals surface area contributed by atoms with Crippen molar-refractivity contribution in [2.45, 2.75) is 13.1 Å². The average Bonchev–Trinajstić information content (AvgIpc) is 2.62. The lowest BCUT2D eigenvalue weighted by atomic mass is 10.2. The van der Waals surface area contributed by atoms with E-state index in [4.69, 9.17) is 0 Å². The third-order valence-corrected chi connectivity index (χ3v) is 1.64. The highest BCUT2D eigenvalue weighted by Gasteiger charge is 2.34. The van der Waals surface area contributed by atoms with E-state index in [2.05, 4.69) is 9.84 Å². The Morgan fingerprint density at radius 3 is 2.88 bits per heavy atom. The molecule has 4 nitrogen and oxygen atoms in total. The molecule has 0 atom stereocenters. The monoisotopic (exact) mass is 234 g/mol. The first kappa shape index (κ1) is 12.3. The van der Waals surface area contributed by atoms with Crippen LogP contribution in [0.5, 0.6) is 0 Å². The van der Waals surface area contributed by atoms with Gasteiger partial charge >= 0.3 is 12.1 Å². The summed E-state index contributed by atoms with van der Waals surface area (Å²) < 4.78 is 41.5. The Morgan fingerprint density at radius 2 is 2.31 bits per heavy atom. The Balaban J connectivity index is 2.82. The first-order valence-electron chi connectivity index (χ1n) is 4.40. The van der Waals surface area contributed by atoms with E-state index >= 15 is 0 Å². The van der Waals surface area contributed by atoms with Crippen LogP contribution in [0.1, 0.15) is 18.2 Å². The Morgan fingerprint density at radius 1 is 1.62 bits per heavy atom. The SMILES string of the molecule is CCOC(=O)C=Cc1cn[nH]c1C(F)(F)F. The molecule has 0 saturated heterocycles. The number of hydrogen-bond acceptors (Lipinski definition) is 3. The molecule has 0 unspecified atom stereocenters. The number of hydrogen-bond donors (Lipinski definition) is 1. The van der Waals surface area contributed by atoms with Gasteiger partial charge in [0.2, 0.25) is 0 Å². The van der Waals surface area contributed by atoms with Crippen molar-refractivity contribution in [3.8, 4) is 0 Å². The van der Waals surface area contributed by atoms with E-state index in [0.29, 0.717) is 0 Å². The number of H-pyrrole nitrogens is 1. The Labute approximate surface area is 89.1 Å². The molecule has 1 aromatic rings. The van der Waals surface area contributed by atoms with E-state index in [0.717, 1.165) is 18.3 Å². The van der Waals surface area contributed by atoms with Crippen LogP contribution in [-0.4, -0.2) is 22.8 Å². The van der Waals surface area contributed by atoms with Crippen molar-refractivity contribution in [3.05, 3.63) is 23.5 Å². The molecule has 0 saturated carbocycles. The van der Waals surface area contributed by atoms with Gasteiger partial charge in [-0.05, 0) is 13.0 Å². The van der Waals surface area contributed by atoms with Gasteiger partial charge in [0.15, 0.2) is 0 Å². The van der Waals surface area contributed by atoms with Gasteiger partial charge in [0.05, 0.1) is 12.8 Å². The van der Waals surface area contributed by atoms with Gasteiger partial charge in [-0.1, -0.05) is 0 Å². The molecule has 0 fully saturated rings. The van der Waals surface area contributed by atoms with Crippen molar-refractivity contribution in [2.75, 3.05) is 6.61 Å². The summed E-state index contributed by atoms with van der Waals surface area (Å²) in [4.78, 5) is 10.9. The second-order valence-corrected chi connectivity index (χ2v) is 2.78. The van der Waals surface area contributed by atoms with Crippen LogP contribution in [0.4, 0.5) is 13.2 Å². The Bertz CT molecular complexity index is 396. The van der Waals surface area contributed by atoms with Gasteiger partial charge in [0, 0.05) is 11.6 Å². The fourth-order valence-electron chi connectivity index (χ4n) is 0.997. The number of carbonyl (C=O) groups is 1. The number of halogens is 3. The lowest BCUT2D eigenvalue weighted by molar-refractivity contribution is -0.141. The van der Waals surface area contributed by atoms with Gasteiger partial charge < -0.3 is 4.74 Å². The molecule has 16 heavy (non-hydrogen) atoms. The van der Waals surface area contributed by atoms with Crippen molar-refractivity contribution in [1.82, 2.24) is 10.2 Å². The molecule has 0 bridgehead atoms. The number of rotatable bonds is 3. The molecule has 0 aliphatic carbocycles. The van der Waals surface area contributed by atoms with Crippen LogP contribution in [0.3, 0.4) is 0 Å². The van der Waals surface area contributed by atoms with Crippen LogP contribution >= 0.6 is 0 Å². The third kappa shape index (κ3) is 3.11. The summed E-state index contributed by atoms with van der Waals surface area (Å²) >= 11 is 0. The summed E-state index contributed by atoms with van der Waals surface area (Å²) in [5, 5.41) is 5.09. The summed E-state index contributed by atoms with van der Waals surface area (Å²) in [6.45, 7) is 1.77. The van der Waals surface area contributed by atoms with Gasteiger partial charge in [-0.3, -0.25) is 5.10 Å². The highest BCUT2D eigenvalue weighted by Crippen LogP contribution is 2.30. The fraction of sp³-hybridized carbons (Fsp3) is 0.333. The zero-order valence-electron chi connectivity index (χ0n) is 8.34. The minimum atomic E-state index is -4.52. The molecule has 0 amide bonds. The number of aromatic amines is 1. The predicted octanol–water partition coefficient (Wildman–Crippen LogP) is 2.00. The summed E-state index contributed by atoms with van der Waals surface area (Å²) in [7, 11) is 0. The second kappa shape index (κ2) is 4.82. The Kier molecular flexibility index (Phi) is 3.70. The van der Waals surface area contributed by atoms with E-state index in [1.165, 1.54) is 0 Å². The minimum absolute atomic E-state index is 0.167. The van der Waals surface area contributed by atoms with Crippen molar-refractivity contribution in [3.63, 3.8) is 0 Å². The summed E-state index contributed by atoms with van der Waals surface area (Å²) in [6.07, 6.45) is -1.61. The molecule has 0 aliphatic heterocycles.